The smallest absolute Gasteiger partial charge is 0.326 e. The summed E-state index contributed by atoms with van der Waals surface area (Å²) < 4.78 is 80.5. The first kappa shape index (κ1) is 23.8. The van der Waals surface area contributed by atoms with Crippen LogP contribution in [0.15, 0.2) is 42.7 Å². The first-order valence-electron chi connectivity index (χ1n) is 9.42. The van der Waals surface area contributed by atoms with E-state index < -0.39 is 35.0 Å². The fourth-order valence-corrected chi connectivity index (χ4v) is 3.27. The maximum atomic E-state index is 13.2. The Morgan fingerprint density at radius 1 is 1.09 bits per heavy atom. The molecule has 33 heavy (non-hydrogen) atoms. The molecule has 0 atom stereocenters. The van der Waals surface area contributed by atoms with E-state index >= 15 is 0 Å². The maximum absolute atomic E-state index is 13.2. The zero-order valence-corrected chi connectivity index (χ0v) is 17.3. The van der Waals surface area contributed by atoms with Crippen molar-refractivity contribution in [2.75, 3.05) is 5.32 Å². The molecule has 0 aliphatic carbocycles. The van der Waals surface area contributed by atoms with Gasteiger partial charge in [-0.15, -0.1) is 0 Å². The molecular formula is C22H16F6N4O. The summed E-state index contributed by atoms with van der Waals surface area (Å²) in [4.78, 5) is 16.8. The number of hydrogen-bond donors (Lipinski definition) is 1. The number of nitriles is 1. The third-order valence-electron chi connectivity index (χ3n) is 5.09. The molecule has 3 aromatic rings. The van der Waals surface area contributed by atoms with Crippen molar-refractivity contribution in [3.8, 4) is 6.07 Å². The lowest BCUT2D eigenvalue weighted by atomic mass is 10.0. The van der Waals surface area contributed by atoms with Gasteiger partial charge in [0.1, 0.15) is 11.9 Å². The van der Waals surface area contributed by atoms with E-state index in [0.29, 0.717) is 29.0 Å². The second kappa shape index (κ2) is 8.61. The van der Waals surface area contributed by atoms with Crippen molar-refractivity contribution in [1.82, 2.24) is 9.55 Å². The topological polar surface area (TPSA) is 70.7 Å². The van der Waals surface area contributed by atoms with Crippen LogP contribution in [0.4, 0.5) is 32.2 Å². The lowest BCUT2D eigenvalue weighted by Crippen LogP contribution is -2.19. The monoisotopic (exact) mass is 466 g/mol. The highest BCUT2D eigenvalue weighted by molar-refractivity contribution is 6.05. The Balaban J connectivity index is 2.08. The Kier molecular flexibility index (Phi) is 6.22. The molecule has 0 saturated carbocycles. The second-order valence-electron chi connectivity index (χ2n) is 7.24. The number of halogens is 6. The summed E-state index contributed by atoms with van der Waals surface area (Å²) in [6.07, 6.45) is -7.09. The predicted octanol–water partition coefficient (Wildman–Crippen LogP) is 5.71. The number of amides is 1. The molecule has 1 amide bonds. The number of alkyl halides is 6. The second-order valence-corrected chi connectivity index (χ2v) is 7.24. The number of anilines is 1. The van der Waals surface area contributed by atoms with Gasteiger partial charge in [0.2, 0.25) is 0 Å². The van der Waals surface area contributed by atoms with Crippen molar-refractivity contribution in [3.05, 3.63) is 81.8 Å². The van der Waals surface area contributed by atoms with E-state index in [4.69, 9.17) is 0 Å². The number of pyridine rings is 1. The number of rotatable bonds is 4. The Morgan fingerprint density at radius 2 is 1.70 bits per heavy atom. The van der Waals surface area contributed by atoms with E-state index in [1.807, 2.05) is 6.07 Å². The molecule has 0 aliphatic heterocycles. The zero-order valence-electron chi connectivity index (χ0n) is 17.3. The highest BCUT2D eigenvalue weighted by Crippen LogP contribution is 2.37. The van der Waals surface area contributed by atoms with Gasteiger partial charge in [-0.1, -0.05) is 6.07 Å². The van der Waals surface area contributed by atoms with Crippen LogP contribution >= 0.6 is 0 Å². The summed E-state index contributed by atoms with van der Waals surface area (Å²) in [7, 11) is 0. The summed E-state index contributed by atoms with van der Waals surface area (Å²) in [6.45, 7) is 3.46. The number of nitrogens with zero attached hydrogens (tertiary/aromatic N) is 3. The van der Waals surface area contributed by atoms with E-state index in [1.165, 1.54) is 0 Å². The molecule has 0 bridgehead atoms. The number of nitrogens with one attached hydrogen (secondary N) is 1. The zero-order chi connectivity index (χ0) is 24.6. The van der Waals surface area contributed by atoms with Gasteiger partial charge in [0, 0.05) is 23.7 Å². The molecule has 0 unspecified atom stereocenters. The molecule has 3 rings (SSSR count). The maximum Gasteiger partial charge on any atom is 0.416 e. The van der Waals surface area contributed by atoms with Crippen molar-refractivity contribution in [1.29, 1.82) is 5.26 Å². The Bertz CT molecular complexity index is 1200. The standard InChI is InChI=1S/C22H16F6N4O/c1-12-13(2)32(11-14-4-3-5-30-10-14)19(18(12)9-29)31-20(33)15-6-16(21(23,24)25)8-17(7-15)22(26,27)28/h3-8,10H,11H2,1-2H3,(H,31,33). The first-order chi connectivity index (χ1) is 15.3. The number of carbonyl (C=O) groups is 1. The van der Waals surface area contributed by atoms with Crippen molar-refractivity contribution >= 4 is 11.7 Å². The van der Waals surface area contributed by atoms with Crippen LogP contribution in [0.1, 0.15) is 43.9 Å². The summed E-state index contributed by atoms with van der Waals surface area (Å²) in [5.74, 6) is -1.25. The minimum Gasteiger partial charge on any atom is -0.326 e. The van der Waals surface area contributed by atoms with Gasteiger partial charge in [-0.2, -0.15) is 31.6 Å². The predicted molar refractivity (Wildman–Crippen MR) is 106 cm³/mol. The van der Waals surface area contributed by atoms with E-state index in [2.05, 4.69) is 10.3 Å². The largest absolute Gasteiger partial charge is 0.416 e. The molecule has 0 fully saturated rings. The Hall–Kier alpha value is -3.81. The third-order valence-corrected chi connectivity index (χ3v) is 5.09. The SMILES string of the molecule is Cc1c(C#N)c(NC(=O)c2cc(C(F)(F)F)cc(C(F)(F)F)c2)n(Cc2cccnc2)c1C. The van der Waals surface area contributed by atoms with E-state index in [0.717, 1.165) is 0 Å². The molecule has 0 aliphatic rings. The fourth-order valence-electron chi connectivity index (χ4n) is 3.27. The van der Waals surface area contributed by atoms with Crippen LogP contribution in [0, 0.1) is 25.2 Å². The molecule has 11 heteroatoms. The fraction of sp³-hybridized carbons (Fsp3) is 0.227. The number of aromatic nitrogens is 2. The summed E-state index contributed by atoms with van der Waals surface area (Å²) in [5.41, 5.74) is -2.21. The average Bonchev–Trinajstić information content (AvgIpc) is 2.96. The molecule has 0 saturated heterocycles. The minimum absolute atomic E-state index is 0.0349. The molecule has 2 aromatic heterocycles. The van der Waals surface area contributed by atoms with Gasteiger partial charge < -0.3 is 9.88 Å². The number of benzene rings is 1. The van der Waals surface area contributed by atoms with E-state index in [9.17, 15) is 36.4 Å². The van der Waals surface area contributed by atoms with Crippen LogP contribution < -0.4 is 5.32 Å². The van der Waals surface area contributed by atoms with Crippen LogP contribution in [0.2, 0.25) is 0 Å². The Morgan fingerprint density at radius 3 is 2.18 bits per heavy atom. The molecule has 1 aromatic carbocycles. The van der Waals surface area contributed by atoms with Crippen LogP contribution in [0.3, 0.4) is 0 Å². The molecule has 1 N–H and O–H groups in total. The van der Waals surface area contributed by atoms with Crippen molar-refractivity contribution < 1.29 is 31.1 Å². The number of carbonyl (C=O) groups excluding carboxylic acids is 1. The van der Waals surface area contributed by atoms with Gasteiger partial charge in [0.15, 0.2) is 0 Å². The summed E-state index contributed by atoms with van der Waals surface area (Å²) in [5, 5.41) is 11.9. The van der Waals surface area contributed by atoms with Crippen molar-refractivity contribution in [2.45, 2.75) is 32.7 Å². The van der Waals surface area contributed by atoms with Crippen molar-refractivity contribution in [3.63, 3.8) is 0 Å². The molecule has 0 spiro atoms. The molecule has 5 nitrogen and oxygen atoms in total. The van der Waals surface area contributed by atoms with Crippen LogP contribution in [0.5, 0.6) is 0 Å². The molecular weight excluding hydrogens is 450 g/mol. The minimum atomic E-state index is -5.10. The molecule has 0 radical (unpaired) electrons. The van der Waals surface area contributed by atoms with Crippen molar-refractivity contribution in [2.24, 2.45) is 0 Å². The van der Waals surface area contributed by atoms with Gasteiger partial charge in [0.25, 0.3) is 5.91 Å². The van der Waals surface area contributed by atoms with Gasteiger partial charge in [0.05, 0.1) is 23.2 Å². The van der Waals surface area contributed by atoms with E-state index in [-0.39, 0.29) is 24.0 Å². The van der Waals surface area contributed by atoms with Gasteiger partial charge in [-0.3, -0.25) is 9.78 Å². The highest BCUT2D eigenvalue weighted by Gasteiger charge is 2.37. The van der Waals surface area contributed by atoms with Gasteiger partial charge >= 0.3 is 12.4 Å². The lowest BCUT2D eigenvalue weighted by Gasteiger charge is -2.16. The van der Waals surface area contributed by atoms with E-state index in [1.54, 1.807) is 42.9 Å². The van der Waals surface area contributed by atoms with Crippen LogP contribution in [0.25, 0.3) is 0 Å². The normalized spacial score (nSPS) is 11.8. The number of hydrogen-bond acceptors (Lipinski definition) is 3. The highest BCUT2D eigenvalue weighted by atomic mass is 19.4. The van der Waals surface area contributed by atoms with Gasteiger partial charge in [-0.25, -0.2) is 0 Å². The molecule has 172 valence electrons. The molecule has 2 heterocycles. The third kappa shape index (κ3) is 5.00. The van der Waals surface area contributed by atoms with Crippen LogP contribution in [-0.2, 0) is 18.9 Å². The lowest BCUT2D eigenvalue weighted by molar-refractivity contribution is -0.143. The summed E-state index contributed by atoms with van der Waals surface area (Å²) >= 11 is 0. The first-order valence-corrected chi connectivity index (χ1v) is 9.42. The Labute approximate surface area is 184 Å². The van der Waals surface area contributed by atoms with Crippen LogP contribution in [-0.4, -0.2) is 15.5 Å². The average molecular weight is 466 g/mol. The van der Waals surface area contributed by atoms with Gasteiger partial charge in [-0.05, 0) is 49.2 Å². The summed E-state index contributed by atoms with van der Waals surface area (Å²) in [6, 6.07) is 5.96. The quantitative estimate of drug-likeness (QED) is 0.501.